The van der Waals surface area contributed by atoms with Crippen LogP contribution in [-0.4, -0.2) is 29.3 Å². The zero-order chi connectivity index (χ0) is 16.6. The van der Waals surface area contributed by atoms with E-state index in [-0.39, 0.29) is 12.3 Å². The number of carbonyl (C=O) groups excluding carboxylic acids is 2. The molecule has 1 aliphatic heterocycles. The predicted molar refractivity (Wildman–Crippen MR) is 87.9 cm³/mol. The Morgan fingerprint density at radius 3 is 2.83 bits per heavy atom. The third-order valence-corrected chi connectivity index (χ3v) is 4.83. The summed E-state index contributed by atoms with van der Waals surface area (Å²) >= 11 is 0. The maximum atomic E-state index is 12.7. The number of hydrogen-bond donors (Lipinski definition) is 1. The van der Waals surface area contributed by atoms with Crippen molar-refractivity contribution in [3.05, 3.63) is 35.1 Å². The molecular formula is C18H22N2O3. The Labute approximate surface area is 135 Å². The van der Waals surface area contributed by atoms with Crippen molar-refractivity contribution in [2.45, 2.75) is 45.6 Å². The lowest BCUT2D eigenvalue weighted by molar-refractivity contribution is -0.140. The van der Waals surface area contributed by atoms with Crippen LogP contribution in [0.5, 0.6) is 0 Å². The molecule has 5 heteroatoms. The van der Waals surface area contributed by atoms with E-state index in [0.717, 1.165) is 40.5 Å². The standard InChI is InChI=1S/C18H22N2O3/c1-11-6-7-14-13(10-23-17(14)12(11)2)9-16(21)20-8-4-3-5-15(20)18(19)22/h6-7,10,15H,3-5,8-9H2,1-2H3,(H2,19,22). The van der Waals surface area contributed by atoms with Crippen LogP contribution in [0.4, 0.5) is 0 Å². The topological polar surface area (TPSA) is 76.5 Å². The fraction of sp³-hybridized carbons (Fsp3) is 0.444. The van der Waals surface area contributed by atoms with Crippen molar-refractivity contribution in [2.75, 3.05) is 6.54 Å². The van der Waals surface area contributed by atoms with E-state index in [1.807, 2.05) is 26.0 Å². The first-order chi connectivity index (χ1) is 11.0. The maximum absolute atomic E-state index is 12.7. The zero-order valence-corrected chi connectivity index (χ0v) is 13.6. The van der Waals surface area contributed by atoms with E-state index in [0.29, 0.717) is 13.0 Å². The fourth-order valence-electron chi connectivity index (χ4n) is 3.32. The molecule has 122 valence electrons. The number of furan rings is 1. The van der Waals surface area contributed by atoms with Crippen LogP contribution < -0.4 is 5.73 Å². The van der Waals surface area contributed by atoms with Gasteiger partial charge in [0.1, 0.15) is 11.6 Å². The molecule has 1 fully saturated rings. The number of primary amides is 1. The lowest BCUT2D eigenvalue weighted by atomic mass is 9.99. The highest BCUT2D eigenvalue weighted by Gasteiger charge is 2.30. The molecule has 1 atom stereocenters. The quantitative estimate of drug-likeness (QED) is 0.945. The molecule has 1 aromatic heterocycles. The minimum Gasteiger partial charge on any atom is -0.464 e. The van der Waals surface area contributed by atoms with Crippen LogP contribution in [0.15, 0.2) is 22.8 Å². The third-order valence-electron chi connectivity index (χ3n) is 4.83. The Bertz CT molecular complexity index is 763. The van der Waals surface area contributed by atoms with Gasteiger partial charge in [0.25, 0.3) is 0 Å². The van der Waals surface area contributed by atoms with Gasteiger partial charge < -0.3 is 15.1 Å². The van der Waals surface area contributed by atoms with Crippen LogP contribution in [0.25, 0.3) is 11.0 Å². The van der Waals surface area contributed by atoms with Gasteiger partial charge in [-0.1, -0.05) is 12.1 Å². The number of nitrogens with two attached hydrogens (primary N) is 1. The molecular weight excluding hydrogens is 292 g/mol. The normalized spacial score (nSPS) is 18.3. The van der Waals surface area contributed by atoms with E-state index in [4.69, 9.17) is 10.2 Å². The Balaban J connectivity index is 1.85. The molecule has 2 amide bonds. The molecule has 2 aromatic rings. The average molecular weight is 314 g/mol. The summed E-state index contributed by atoms with van der Waals surface area (Å²) in [6.07, 6.45) is 4.40. The van der Waals surface area contributed by atoms with Gasteiger partial charge in [-0.25, -0.2) is 0 Å². The lowest BCUT2D eigenvalue weighted by Gasteiger charge is -2.33. The van der Waals surface area contributed by atoms with Crippen molar-refractivity contribution in [3.8, 4) is 0 Å². The number of rotatable bonds is 3. The first-order valence-electron chi connectivity index (χ1n) is 8.04. The average Bonchev–Trinajstić information content (AvgIpc) is 2.94. The van der Waals surface area contributed by atoms with E-state index in [1.54, 1.807) is 11.2 Å². The van der Waals surface area contributed by atoms with Crippen LogP contribution in [0.3, 0.4) is 0 Å². The molecule has 0 saturated carbocycles. The molecule has 0 aliphatic carbocycles. The van der Waals surface area contributed by atoms with Gasteiger partial charge in [0.05, 0.1) is 12.7 Å². The molecule has 0 bridgehead atoms. The van der Waals surface area contributed by atoms with Gasteiger partial charge in [0, 0.05) is 17.5 Å². The molecule has 1 aliphatic rings. The first kappa shape index (κ1) is 15.6. The van der Waals surface area contributed by atoms with Crippen molar-refractivity contribution < 1.29 is 14.0 Å². The Morgan fingerprint density at radius 1 is 1.30 bits per heavy atom. The number of fused-ring (bicyclic) bond motifs is 1. The van der Waals surface area contributed by atoms with Gasteiger partial charge in [-0.15, -0.1) is 0 Å². The Morgan fingerprint density at radius 2 is 2.09 bits per heavy atom. The second-order valence-corrected chi connectivity index (χ2v) is 6.32. The van der Waals surface area contributed by atoms with Crippen LogP contribution in [0.1, 0.15) is 36.0 Å². The highest BCUT2D eigenvalue weighted by atomic mass is 16.3. The second-order valence-electron chi connectivity index (χ2n) is 6.32. The fourth-order valence-corrected chi connectivity index (χ4v) is 3.32. The van der Waals surface area contributed by atoms with Gasteiger partial charge in [-0.05, 0) is 44.2 Å². The van der Waals surface area contributed by atoms with Crippen molar-refractivity contribution >= 4 is 22.8 Å². The molecule has 1 saturated heterocycles. The summed E-state index contributed by atoms with van der Waals surface area (Å²) in [5.41, 5.74) is 9.39. The van der Waals surface area contributed by atoms with Gasteiger partial charge in [-0.3, -0.25) is 9.59 Å². The van der Waals surface area contributed by atoms with E-state index in [1.165, 1.54) is 0 Å². The number of hydrogen-bond acceptors (Lipinski definition) is 3. The largest absolute Gasteiger partial charge is 0.464 e. The van der Waals surface area contributed by atoms with Crippen molar-refractivity contribution in [1.29, 1.82) is 0 Å². The van der Waals surface area contributed by atoms with Crippen LogP contribution in [0, 0.1) is 13.8 Å². The van der Waals surface area contributed by atoms with Gasteiger partial charge in [-0.2, -0.15) is 0 Å². The van der Waals surface area contributed by atoms with Crippen molar-refractivity contribution in [3.63, 3.8) is 0 Å². The first-order valence-corrected chi connectivity index (χ1v) is 8.04. The SMILES string of the molecule is Cc1ccc2c(CC(=O)N3CCCCC3C(N)=O)coc2c1C. The summed E-state index contributed by atoms with van der Waals surface area (Å²) in [6, 6.07) is 3.55. The highest BCUT2D eigenvalue weighted by molar-refractivity contribution is 5.92. The summed E-state index contributed by atoms with van der Waals surface area (Å²) in [4.78, 5) is 25.9. The maximum Gasteiger partial charge on any atom is 0.240 e. The molecule has 5 nitrogen and oxygen atoms in total. The smallest absolute Gasteiger partial charge is 0.240 e. The molecule has 1 unspecified atom stereocenters. The van der Waals surface area contributed by atoms with E-state index >= 15 is 0 Å². The number of benzene rings is 1. The monoisotopic (exact) mass is 314 g/mol. The summed E-state index contributed by atoms with van der Waals surface area (Å²) in [5.74, 6) is -0.476. The van der Waals surface area contributed by atoms with Crippen molar-refractivity contribution in [1.82, 2.24) is 4.90 Å². The van der Waals surface area contributed by atoms with E-state index in [2.05, 4.69) is 0 Å². The Hall–Kier alpha value is -2.30. The summed E-state index contributed by atoms with van der Waals surface area (Å²) in [5, 5.41) is 0.967. The number of piperidine rings is 1. The molecule has 23 heavy (non-hydrogen) atoms. The lowest BCUT2D eigenvalue weighted by Crippen LogP contribution is -2.50. The van der Waals surface area contributed by atoms with Gasteiger partial charge in [0.2, 0.25) is 11.8 Å². The van der Waals surface area contributed by atoms with Crippen LogP contribution in [-0.2, 0) is 16.0 Å². The Kier molecular flexibility index (Phi) is 4.11. The number of aryl methyl sites for hydroxylation is 2. The molecule has 1 aromatic carbocycles. The summed E-state index contributed by atoms with van der Waals surface area (Å²) in [7, 11) is 0. The predicted octanol–water partition coefficient (Wildman–Crippen LogP) is 2.46. The minimum absolute atomic E-state index is 0.0607. The molecule has 3 rings (SSSR count). The molecule has 0 radical (unpaired) electrons. The number of nitrogens with zero attached hydrogens (tertiary/aromatic N) is 1. The third kappa shape index (κ3) is 2.83. The zero-order valence-electron chi connectivity index (χ0n) is 13.6. The van der Waals surface area contributed by atoms with Gasteiger partial charge >= 0.3 is 0 Å². The van der Waals surface area contributed by atoms with Crippen LogP contribution in [0.2, 0.25) is 0 Å². The summed E-state index contributed by atoms with van der Waals surface area (Å²) in [6.45, 7) is 4.65. The van der Waals surface area contributed by atoms with Crippen LogP contribution >= 0.6 is 0 Å². The number of amides is 2. The minimum atomic E-state index is -0.474. The highest BCUT2D eigenvalue weighted by Crippen LogP contribution is 2.27. The molecule has 2 heterocycles. The molecule has 2 N–H and O–H groups in total. The number of carbonyl (C=O) groups is 2. The molecule has 0 spiro atoms. The number of likely N-dealkylation sites (tertiary alicyclic amines) is 1. The van der Waals surface area contributed by atoms with Gasteiger partial charge in [0.15, 0.2) is 0 Å². The second kappa shape index (κ2) is 6.07. The van der Waals surface area contributed by atoms with E-state index < -0.39 is 11.9 Å². The summed E-state index contributed by atoms with van der Waals surface area (Å²) < 4.78 is 5.66. The van der Waals surface area contributed by atoms with E-state index in [9.17, 15) is 9.59 Å². The van der Waals surface area contributed by atoms with Crippen molar-refractivity contribution in [2.24, 2.45) is 5.73 Å².